The highest BCUT2D eigenvalue weighted by atomic mass is 32.1. The van der Waals surface area contributed by atoms with Crippen LogP contribution in [0.2, 0.25) is 0 Å². The van der Waals surface area contributed by atoms with E-state index in [1.54, 1.807) is 11.3 Å². The lowest BCUT2D eigenvalue weighted by Gasteiger charge is -2.18. The minimum Gasteiger partial charge on any atom is -0.487 e. The zero-order valence-electron chi connectivity index (χ0n) is 9.93. The molecule has 18 heavy (non-hydrogen) atoms. The lowest BCUT2D eigenvalue weighted by atomic mass is 10.0. The average Bonchev–Trinajstić information content (AvgIpc) is 2.79. The van der Waals surface area contributed by atoms with E-state index < -0.39 is 0 Å². The van der Waals surface area contributed by atoms with Gasteiger partial charge in [0.2, 0.25) is 0 Å². The largest absolute Gasteiger partial charge is 0.487 e. The van der Waals surface area contributed by atoms with Crippen molar-refractivity contribution in [1.29, 1.82) is 0 Å². The first-order chi connectivity index (χ1) is 8.83. The van der Waals surface area contributed by atoms with Gasteiger partial charge in [-0.1, -0.05) is 30.3 Å². The number of thiazole rings is 1. The molecule has 0 unspecified atom stereocenters. The zero-order valence-corrected chi connectivity index (χ0v) is 10.8. The normalized spacial score (nSPS) is 12.9. The Labute approximate surface area is 109 Å². The molecule has 3 aromatic rings. The molecule has 2 aromatic carbocycles. The van der Waals surface area contributed by atoms with Gasteiger partial charge in [0, 0.05) is 10.9 Å². The highest BCUT2D eigenvalue weighted by Crippen LogP contribution is 2.43. The molecule has 88 valence electrons. The number of nitrogens with zero attached hydrogens (tertiary/aromatic N) is 1. The van der Waals surface area contributed by atoms with Gasteiger partial charge < -0.3 is 4.74 Å². The van der Waals surface area contributed by atoms with Gasteiger partial charge in [-0.3, -0.25) is 0 Å². The minimum atomic E-state index is 0.641. The summed E-state index contributed by atoms with van der Waals surface area (Å²) in [7, 11) is 0. The predicted molar refractivity (Wildman–Crippen MR) is 74.1 cm³/mol. The summed E-state index contributed by atoms with van der Waals surface area (Å²) < 4.78 is 5.95. The van der Waals surface area contributed by atoms with Crippen molar-refractivity contribution in [1.82, 2.24) is 4.98 Å². The van der Waals surface area contributed by atoms with E-state index in [2.05, 4.69) is 35.3 Å². The molecular weight excluding hydrogens is 242 g/mol. The van der Waals surface area contributed by atoms with E-state index in [9.17, 15) is 0 Å². The molecule has 3 heteroatoms. The smallest absolute Gasteiger partial charge is 0.137 e. The number of benzene rings is 2. The Morgan fingerprint density at radius 1 is 1.17 bits per heavy atom. The molecule has 0 radical (unpaired) electrons. The van der Waals surface area contributed by atoms with Crippen LogP contribution >= 0.6 is 11.3 Å². The number of hydrogen-bond acceptors (Lipinski definition) is 3. The van der Waals surface area contributed by atoms with E-state index in [0.29, 0.717) is 6.61 Å². The van der Waals surface area contributed by atoms with Crippen LogP contribution in [0.1, 0.15) is 9.88 Å². The van der Waals surface area contributed by atoms with Gasteiger partial charge in [0.15, 0.2) is 0 Å². The van der Waals surface area contributed by atoms with Crippen molar-refractivity contribution >= 4 is 22.1 Å². The van der Waals surface area contributed by atoms with Crippen molar-refractivity contribution in [2.45, 2.75) is 13.5 Å². The van der Waals surface area contributed by atoms with E-state index in [4.69, 9.17) is 4.74 Å². The Morgan fingerprint density at radius 3 is 3.00 bits per heavy atom. The number of hydrogen-bond donors (Lipinski definition) is 0. The topological polar surface area (TPSA) is 22.1 Å². The third kappa shape index (κ3) is 1.31. The van der Waals surface area contributed by atoms with E-state index in [0.717, 1.165) is 22.0 Å². The summed E-state index contributed by atoms with van der Waals surface area (Å²) in [6, 6.07) is 12.6. The first-order valence-electron chi connectivity index (χ1n) is 5.94. The molecule has 1 aromatic heterocycles. The molecule has 1 aliphatic heterocycles. The van der Waals surface area contributed by atoms with E-state index >= 15 is 0 Å². The van der Waals surface area contributed by atoms with Gasteiger partial charge >= 0.3 is 0 Å². The predicted octanol–water partition coefficient (Wildman–Crippen LogP) is 4.16. The second-order valence-electron chi connectivity index (χ2n) is 4.46. The highest BCUT2D eigenvalue weighted by molar-refractivity contribution is 7.12. The van der Waals surface area contributed by atoms with Crippen LogP contribution in [-0.4, -0.2) is 4.98 Å². The van der Waals surface area contributed by atoms with Crippen LogP contribution in [0.25, 0.3) is 22.0 Å². The van der Waals surface area contributed by atoms with Crippen LogP contribution in [0, 0.1) is 6.92 Å². The van der Waals surface area contributed by atoms with Gasteiger partial charge in [0.05, 0.1) is 15.6 Å². The van der Waals surface area contributed by atoms with Crippen LogP contribution in [0.4, 0.5) is 0 Å². The molecule has 0 saturated carbocycles. The summed E-state index contributed by atoms with van der Waals surface area (Å²) in [6.07, 6.45) is 0. The third-order valence-corrected chi connectivity index (χ3v) is 4.23. The zero-order chi connectivity index (χ0) is 12.1. The minimum absolute atomic E-state index is 0.641. The Morgan fingerprint density at radius 2 is 2.06 bits per heavy atom. The maximum absolute atomic E-state index is 5.95. The second kappa shape index (κ2) is 3.56. The lowest BCUT2D eigenvalue weighted by molar-refractivity contribution is 0.309. The molecule has 0 saturated heterocycles. The Bertz CT molecular complexity index is 760. The molecule has 4 rings (SSSR count). The number of fused-ring (bicyclic) bond motifs is 5. The van der Waals surface area contributed by atoms with Gasteiger partial charge in [-0.2, -0.15) is 0 Å². The second-order valence-corrected chi connectivity index (χ2v) is 5.74. The average molecular weight is 253 g/mol. The molecule has 0 atom stereocenters. The lowest BCUT2D eigenvalue weighted by Crippen LogP contribution is -2.03. The molecule has 0 amide bonds. The van der Waals surface area contributed by atoms with Crippen molar-refractivity contribution < 1.29 is 4.74 Å². The number of aromatic nitrogens is 1. The summed E-state index contributed by atoms with van der Waals surface area (Å²) in [5, 5.41) is 3.49. The molecule has 1 aliphatic rings. The van der Waals surface area contributed by atoms with E-state index in [1.165, 1.54) is 15.6 Å². The Balaban J connectivity index is 2.08. The van der Waals surface area contributed by atoms with Crippen LogP contribution in [-0.2, 0) is 6.61 Å². The molecule has 0 bridgehead atoms. The molecule has 0 aliphatic carbocycles. The molecule has 0 fully saturated rings. The number of ether oxygens (including phenoxy) is 1. The first kappa shape index (κ1) is 10.1. The van der Waals surface area contributed by atoms with Crippen LogP contribution in [0.3, 0.4) is 0 Å². The van der Waals surface area contributed by atoms with Crippen molar-refractivity contribution in [3.05, 3.63) is 46.3 Å². The van der Waals surface area contributed by atoms with Crippen molar-refractivity contribution in [2.75, 3.05) is 0 Å². The van der Waals surface area contributed by atoms with E-state index in [1.807, 2.05) is 13.0 Å². The fraction of sp³-hybridized carbons (Fsp3) is 0.133. The maximum atomic E-state index is 5.95. The third-order valence-electron chi connectivity index (χ3n) is 3.29. The summed E-state index contributed by atoms with van der Waals surface area (Å²) in [5.74, 6) is 0.978. The highest BCUT2D eigenvalue weighted by Gasteiger charge is 2.22. The van der Waals surface area contributed by atoms with Crippen LogP contribution < -0.4 is 4.74 Å². The quantitative estimate of drug-likeness (QED) is 0.600. The fourth-order valence-corrected chi connectivity index (χ4v) is 3.36. The summed E-state index contributed by atoms with van der Waals surface area (Å²) >= 11 is 1.72. The summed E-state index contributed by atoms with van der Waals surface area (Å²) in [5.41, 5.74) is 2.23. The number of rotatable bonds is 0. The fourth-order valence-electron chi connectivity index (χ4n) is 2.50. The maximum Gasteiger partial charge on any atom is 0.137 e. The molecular formula is C15H11NOS. The Kier molecular flexibility index (Phi) is 2.00. The van der Waals surface area contributed by atoms with Crippen molar-refractivity contribution in [3.63, 3.8) is 0 Å². The van der Waals surface area contributed by atoms with Gasteiger partial charge in [0.1, 0.15) is 12.4 Å². The summed E-state index contributed by atoms with van der Waals surface area (Å²) in [4.78, 5) is 5.87. The molecule has 0 spiro atoms. The molecule has 2 nitrogen and oxygen atoms in total. The van der Waals surface area contributed by atoms with E-state index in [-0.39, 0.29) is 0 Å². The molecule has 0 N–H and O–H groups in total. The van der Waals surface area contributed by atoms with Gasteiger partial charge in [0.25, 0.3) is 0 Å². The summed E-state index contributed by atoms with van der Waals surface area (Å²) in [6.45, 7) is 2.69. The monoisotopic (exact) mass is 253 g/mol. The van der Waals surface area contributed by atoms with Gasteiger partial charge in [-0.15, -0.1) is 11.3 Å². The van der Waals surface area contributed by atoms with Gasteiger partial charge in [-0.05, 0) is 18.4 Å². The van der Waals surface area contributed by atoms with Crippen molar-refractivity contribution in [2.24, 2.45) is 0 Å². The van der Waals surface area contributed by atoms with Crippen LogP contribution in [0.5, 0.6) is 5.75 Å². The first-order valence-corrected chi connectivity index (χ1v) is 6.76. The molecule has 2 heterocycles. The van der Waals surface area contributed by atoms with Gasteiger partial charge in [-0.25, -0.2) is 4.98 Å². The number of aryl methyl sites for hydroxylation is 1. The van der Waals surface area contributed by atoms with Crippen molar-refractivity contribution in [3.8, 4) is 17.0 Å². The van der Waals surface area contributed by atoms with Crippen LogP contribution in [0.15, 0.2) is 36.4 Å². The Hall–Kier alpha value is -1.87. The standard InChI is InChI=1S/C15H11NOS/c1-9-16-14-12-7-6-10-4-2-3-5-11(10)15(12)17-8-13(14)18-9/h2-7H,8H2,1H3. The SMILES string of the molecule is Cc1nc2c(s1)COc1c-2ccc2ccccc12.